The summed E-state index contributed by atoms with van der Waals surface area (Å²) >= 11 is 6.18. The van der Waals surface area contributed by atoms with E-state index in [1.807, 2.05) is 6.07 Å². The Kier molecular flexibility index (Phi) is 3.74. The number of aromatic nitrogens is 2. The van der Waals surface area contributed by atoms with Crippen molar-refractivity contribution >= 4 is 17.5 Å². The summed E-state index contributed by atoms with van der Waals surface area (Å²) in [6, 6.07) is 6.73. The van der Waals surface area contributed by atoms with Gasteiger partial charge in [-0.2, -0.15) is 5.26 Å². The van der Waals surface area contributed by atoms with Crippen molar-refractivity contribution in [1.29, 1.82) is 5.26 Å². The van der Waals surface area contributed by atoms with Gasteiger partial charge in [-0.15, -0.1) is 10.2 Å². The lowest BCUT2D eigenvalue weighted by molar-refractivity contribution is 0.0738. The standard InChI is InChI=1S/C17H15ClN4O3/c1-10-20-21-16(25-10)17-8-22(6-12(17)7-24-9-17)15(23)13-4-11(5-19)2-3-14(13)18/h2-4,12H,6-9H2,1H3/t12-,17-/m0/s1. The Labute approximate surface area is 149 Å². The average molecular weight is 359 g/mol. The summed E-state index contributed by atoms with van der Waals surface area (Å²) in [6.45, 7) is 3.66. The van der Waals surface area contributed by atoms with Crippen LogP contribution in [0.4, 0.5) is 0 Å². The van der Waals surface area contributed by atoms with Crippen LogP contribution in [0.15, 0.2) is 22.6 Å². The van der Waals surface area contributed by atoms with Crippen LogP contribution < -0.4 is 0 Å². The van der Waals surface area contributed by atoms with Crippen molar-refractivity contribution in [2.24, 2.45) is 5.92 Å². The molecule has 2 fully saturated rings. The quantitative estimate of drug-likeness (QED) is 0.814. The van der Waals surface area contributed by atoms with Crippen molar-refractivity contribution in [3.8, 4) is 6.07 Å². The van der Waals surface area contributed by atoms with Gasteiger partial charge in [-0.25, -0.2) is 0 Å². The number of carbonyl (C=O) groups excluding carboxylic acids is 1. The highest BCUT2D eigenvalue weighted by Crippen LogP contribution is 2.43. The first-order valence-electron chi connectivity index (χ1n) is 7.91. The Morgan fingerprint density at radius 3 is 3.04 bits per heavy atom. The number of hydrogen-bond donors (Lipinski definition) is 0. The van der Waals surface area contributed by atoms with Gasteiger partial charge < -0.3 is 14.1 Å². The van der Waals surface area contributed by atoms with Crippen LogP contribution in [0.5, 0.6) is 0 Å². The van der Waals surface area contributed by atoms with E-state index in [2.05, 4.69) is 10.2 Å². The van der Waals surface area contributed by atoms with Crippen LogP contribution in [0.25, 0.3) is 0 Å². The van der Waals surface area contributed by atoms with Gasteiger partial charge in [0.05, 0.1) is 40.8 Å². The number of benzene rings is 1. The minimum atomic E-state index is -0.476. The fourth-order valence-electron chi connectivity index (χ4n) is 3.62. The molecule has 1 aromatic carbocycles. The predicted molar refractivity (Wildman–Crippen MR) is 87.1 cm³/mol. The second-order valence-corrected chi connectivity index (χ2v) is 6.89. The monoisotopic (exact) mass is 358 g/mol. The van der Waals surface area contributed by atoms with E-state index in [1.54, 1.807) is 24.0 Å². The van der Waals surface area contributed by atoms with Crippen LogP contribution >= 0.6 is 11.6 Å². The molecule has 7 nitrogen and oxygen atoms in total. The van der Waals surface area contributed by atoms with Crippen LogP contribution in [-0.2, 0) is 10.2 Å². The number of fused-ring (bicyclic) bond motifs is 1. The van der Waals surface area contributed by atoms with Crippen molar-refractivity contribution in [1.82, 2.24) is 15.1 Å². The fraction of sp³-hybridized carbons (Fsp3) is 0.412. The first-order valence-corrected chi connectivity index (χ1v) is 8.28. The number of carbonyl (C=O) groups is 1. The third-order valence-electron chi connectivity index (χ3n) is 4.94. The zero-order valence-corrected chi connectivity index (χ0v) is 14.3. The third kappa shape index (κ3) is 2.49. The fourth-order valence-corrected chi connectivity index (χ4v) is 3.82. The molecule has 0 aliphatic carbocycles. The molecular weight excluding hydrogens is 344 g/mol. The number of nitriles is 1. The van der Waals surface area contributed by atoms with Crippen molar-refractivity contribution in [2.75, 3.05) is 26.3 Å². The van der Waals surface area contributed by atoms with Crippen LogP contribution in [0.1, 0.15) is 27.7 Å². The number of hydrogen-bond acceptors (Lipinski definition) is 6. The highest BCUT2D eigenvalue weighted by atomic mass is 35.5. The van der Waals surface area contributed by atoms with Crippen molar-refractivity contribution in [3.63, 3.8) is 0 Å². The van der Waals surface area contributed by atoms with Crippen LogP contribution in [0.3, 0.4) is 0 Å². The molecule has 2 saturated heterocycles. The summed E-state index contributed by atoms with van der Waals surface area (Å²) in [7, 11) is 0. The smallest absolute Gasteiger partial charge is 0.255 e. The van der Waals surface area contributed by atoms with E-state index in [-0.39, 0.29) is 11.8 Å². The molecule has 2 aliphatic rings. The topological polar surface area (TPSA) is 92.3 Å². The van der Waals surface area contributed by atoms with Crippen LogP contribution in [0.2, 0.25) is 5.02 Å². The second-order valence-electron chi connectivity index (χ2n) is 6.49. The Morgan fingerprint density at radius 2 is 2.32 bits per heavy atom. The van der Waals surface area contributed by atoms with Crippen LogP contribution in [0, 0.1) is 24.2 Å². The van der Waals surface area contributed by atoms with E-state index in [1.165, 1.54) is 6.07 Å². The molecule has 0 N–H and O–H groups in total. The Hall–Kier alpha value is -2.43. The van der Waals surface area contributed by atoms with E-state index >= 15 is 0 Å². The average Bonchev–Trinajstić information content (AvgIpc) is 3.28. The Morgan fingerprint density at radius 1 is 1.48 bits per heavy atom. The predicted octanol–water partition coefficient (Wildman–Crippen LogP) is 1.94. The number of halogens is 1. The second kappa shape index (κ2) is 5.83. The molecule has 0 bridgehead atoms. The maximum atomic E-state index is 13.0. The van der Waals surface area contributed by atoms with Crippen molar-refractivity contribution in [3.05, 3.63) is 46.1 Å². The summed E-state index contributed by atoms with van der Waals surface area (Å²) in [6.07, 6.45) is 0. The summed E-state index contributed by atoms with van der Waals surface area (Å²) in [5.74, 6) is 0.894. The highest BCUT2D eigenvalue weighted by molar-refractivity contribution is 6.33. The van der Waals surface area contributed by atoms with Gasteiger partial charge >= 0.3 is 0 Å². The molecule has 1 aromatic heterocycles. The summed E-state index contributed by atoms with van der Waals surface area (Å²) in [5, 5.41) is 17.5. The number of nitrogens with zero attached hydrogens (tertiary/aromatic N) is 4. The number of amides is 1. The van der Waals surface area contributed by atoms with Gasteiger partial charge in [0.25, 0.3) is 5.91 Å². The minimum Gasteiger partial charge on any atom is -0.425 e. The Balaban J connectivity index is 1.66. The lowest BCUT2D eigenvalue weighted by Gasteiger charge is -2.23. The van der Waals surface area contributed by atoms with Gasteiger partial charge in [0.2, 0.25) is 11.8 Å². The maximum absolute atomic E-state index is 13.0. The maximum Gasteiger partial charge on any atom is 0.255 e. The van der Waals surface area contributed by atoms with Gasteiger partial charge in [-0.3, -0.25) is 4.79 Å². The minimum absolute atomic E-state index is 0.0919. The normalized spacial score (nSPS) is 25.0. The number of rotatable bonds is 2. The molecule has 0 spiro atoms. The molecule has 4 rings (SSSR count). The van der Waals surface area contributed by atoms with Crippen molar-refractivity contribution in [2.45, 2.75) is 12.3 Å². The first kappa shape index (κ1) is 16.1. The van der Waals surface area contributed by atoms with E-state index in [4.69, 9.17) is 26.0 Å². The van der Waals surface area contributed by atoms with Crippen molar-refractivity contribution < 1.29 is 13.9 Å². The van der Waals surface area contributed by atoms with Gasteiger partial charge in [0, 0.05) is 25.9 Å². The zero-order chi connectivity index (χ0) is 17.6. The molecule has 128 valence electrons. The number of likely N-dealkylation sites (tertiary alicyclic amines) is 1. The molecule has 3 heterocycles. The molecule has 1 amide bonds. The molecule has 0 unspecified atom stereocenters. The summed E-state index contributed by atoms with van der Waals surface area (Å²) in [4.78, 5) is 14.7. The van der Waals surface area contributed by atoms with E-state index in [0.717, 1.165) is 0 Å². The first-order chi connectivity index (χ1) is 12.0. The third-order valence-corrected chi connectivity index (χ3v) is 5.27. The van der Waals surface area contributed by atoms with Gasteiger partial charge in [0.15, 0.2) is 0 Å². The molecule has 25 heavy (non-hydrogen) atoms. The Bertz CT molecular complexity index is 890. The van der Waals surface area contributed by atoms with Crippen LogP contribution in [-0.4, -0.2) is 47.3 Å². The number of aryl methyl sites for hydroxylation is 1. The SMILES string of the molecule is Cc1nnc([C@@]23COC[C@@H]2CN(C(=O)c2cc(C#N)ccc2Cl)C3)o1. The highest BCUT2D eigenvalue weighted by Gasteiger charge is 2.56. The molecule has 8 heteroatoms. The lowest BCUT2D eigenvalue weighted by Crippen LogP contribution is -2.37. The summed E-state index contributed by atoms with van der Waals surface area (Å²) < 4.78 is 11.3. The molecule has 0 saturated carbocycles. The van der Waals surface area contributed by atoms with Gasteiger partial charge in [0.1, 0.15) is 0 Å². The molecule has 2 aliphatic heterocycles. The molecule has 2 aromatic rings. The van der Waals surface area contributed by atoms with Gasteiger partial charge in [-0.1, -0.05) is 11.6 Å². The molecule has 2 atom stereocenters. The summed E-state index contributed by atoms with van der Waals surface area (Å²) in [5.41, 5.74) is 0.257. The largest absolute Gasteiger partial charge is 0.425 e. The van der Waals surface area contributed by atoms with E-state index < -0.39 is 5.41 Å². The number of ether oxygens (including phenoxy) is 1. The molecule has 0 radical (unpaired) electrons. The zero-order valence-electron chi connectivity index (χ0n) is 13.5. The molecular formula is C17H15ClN4O3. The van der Waals surface area contributed by atoms with Gasteiger partial charge in [-0.05, 0) is 18.2 Å². The van der Waals surface area contributed by atoms with E-state index in [9.17, 15) is 4.79 Å². The lowest BCUT2D eigenvalue weighted by atomic mass is 9.81. The van der Waals surface area contributed by atoms with E-state index in [0.29, 0.717) is 54.2 Å².